The number of nitrogens with two attached hydrogens (primary N) is 1. The van der Waals surface area contributed by atoms with Crippen molar-refractivity contribution in [3.63, 3.8) is 0 Å². The highest BCUT2D eigenvalue weighted by molar-refractivity contribution is 5.75. The van der Waals surface area contributed by atoms with Crippen LogP contribution >= 0.6 is 0 Å². The van der Waals surface area contributed by atoms with Gasteiger partial charge in [-0.2, -0.15) is 0 Å². The summed E-state index contributed by atoms with van der Waals surface area (Å²) in [5, 5.41) is 13.2. The van der Waals surface area contributed by atoms with Gasteiger partial charge < -0.3 is 30.6 Å². The number of amides is 1. The molecule has 0 aliphatic carbocycles. The minimum absolute atomic E-state index is 0.157. The van der Waals surface area contributed by atoms with E-state index in [1.807, 2.05) is 0 Å². The first-order valence-electron chi connectivity index (χ1n) is 6.43. The highest BCUT2D eigenvalue weighted by Gasteiger charge is 2.16. The molecule has 1 aromatic heterocycles. The number of hydrogen-bond acceptors (Lipinski definition) is 7. The van der Waals surface area contributed by atoms with Gasteiger partial charge in [0.2, 0.25) is 0 Å². The first-order valence-corrected chi connectivity index (χ1v) is 6.43. The van der Waals surface area contributed by atoms with Crippen LogP contribution in [0.25, 0.3) is 0 Å². The van der Waals surface area contributed by atoms with Gasteiger partial charge in [-0.15, -0.1) is 0 Å². The van der Waals surface area contributed by atoms with Crippen molar-refractivity contribution in [2.24, 2.45) is 5.73 Å². The lowest BCUT2D eigenvalue weighted by atomic mass is 10.5. The highest BCUT2D eigenvalue weighted by Crippen LogP contribution is 2.06. The van der Waals surface area contributed by atoms with Crippen molar-refractivity contribution in [3.8, 4) is 0 Å². The van der Waals surface area contributed by atoms with Gasteiger partial charge in [-0.3, -0.25) is 4.79 Å². The van der Waals surface area contributed by atoms with Crippen molar-refractivity contribution < 1.29 is 19.2 Å². The van der Waals surface area contributed by atoms with Crippen LogP contribution in [-0.2, 0) is 20.8 Å². The number of aromatic nitrogens is 2. The zero-order valence-electron chi connectivity index (χ0n) is 11.6. The Hall–Kier alpha value is -2.04. The summed E-state index contributed by atoms with van der Waals surface area (Å²) >= 11 is 0. The van der Waals surface area contributed by atoms with Crippen LogP contribution in [0.4, 0.5) is 5.95 Å². The Morgan fingerprint density at radius 1 is 1.38 bits per heavy atom. The maximum atomic E-state index is 11.6. The number of carbonyl (C=O) groups excluding carboxylic acids is 1. The number of nitrogens with one attached hydrogen (secondary N) is 1. The number of rotatable bonds is 11. The minimum Gasteiger partial charge on any atom is -0.390 e. The van der Waals surface area contributed by atoms with Crippen molar-refractivity contribution in [1.82, 2.24) is 14.9 Å². The molecule has 3 N–H and O–H groups in total. The molecule has 0 saturated carbocycles. The number of ether oxygens (including phenoxy) is 2. The Bertz CT molecular complexity index is 450. The molecule has 0 spiro atoms. The van der Waals surface area contributed by atoms with Gasteiger partial charge in [0.1, 0.15) is 12.4 Å². The summed E-state index contributed by atoms with van der Waals surface area (Å²) < 4.78 is 11.5. The SMILES string of the molecule is NCCOCCOCCNC(=O)Cn1ccnc1[N+](=O)[O-]. The van der Waals surface area contributed by atoms with E-state index in [1.165, 1.54) is 12.4 Å². The van der Waals surface area contributed by atoms with E-state index in [2.05, 4.69) is 10.3 Å². The molecule has 0 radical (unpaired) electrons. The maximum Gasteiger partial charge on any atom is 0.435 e. The molecule has 1 aromatic rings. The minimum atomic E-state index is -0.641. The van der Waals surface area contributed by atoms with Gasteiger partial charge in [0.05, 0.1) is 26.4 Å². The summed E-state index contributed by atoms with van der Waals surface area (Å²) in [7, 11) is 0. The molecule has 0 bridgehead atoms. The van der Waals surface area contributed by atoms with Crippen molar-refractivity contribution in [2.45, 2.75) is 6.54 Å². The van der Waals surface area contributed by atoms with Crippen molar-refractivity contribution in [2.75, 3.05) is 39.5 Å². The number of nitro groups is 1. The first kappa shape index (κ1) is 17.0. The van der Waals surface area contributed by atoms with Crippen LogP contribution in [0.1, 0.15) is 0 Å². The summed E-state index contributed by atoms with van der Waals surface area (Å²) in [4.78, 5) is 25.1. The van der Waals surface area contributed by atoms with Crippen LogP contribution in [0.3, 0.4) is 0 Å². The maximum absolute atomic E-state index is 11.6. The second kappa shape index (κ2) is 9.80. The standard InChI is InChI=1S/C11H19N5O5/c12-1-5-20-7-8-21-6-3-13-10(17)9-15-4-2-14-11(15)16(18)19/h2,4H,1,3,5-9,12H2,(H,13,17). The molecule has 1 amide bonds. The average molecular weight is 301 g/mol. The molecule has 0 aliphatic rings. The molecular formula is C11H19N5O5. The first-order chi connectivity index (χ1) is 10.1. The summed E-state index contributed by atoms with van der Waals surface area (Å²) in [6.45, 7) is 2.33. The third kappa shape index (κ3) is 6.79. The van der Waals surface area contributed by atoms with Gasteiger partial charge in [-0.05, 0) is 4.92 Å². The molecule has 0 saturated heterocycles. The second-order valence-corrected chi connectivity index (χ2v) is 3.98. The summed E-state index contributed by atoms with van der Waals surface area (Å²) in [6.07, 6.45) is 2.65. The fourth-order valence-electron chi connectivity index (χ4n) is 1.48. The quantitative estimate of drug-likeness (QED) is 0.301. The fourth-order valence-corrected chi connectivity index (χ4v) is 1.48. The summed E-state index contributed by atoms with van der Waals surface area (Å²) in [6, 6.07) is 0. The molecule has 0 aromatic carbocycles. The van der Waals surface area contributed by atoms with E-state index in [0.29, 0.717) is 39.5 Å². The lowest BCUT2D eigenvalue weighted by Crippen LogP contribution is -2.31. The molecule has 10 heteroatoms. The number of carbonyl (C=O) groups is 1. The normalized spacial score (nSPS) is 10.5. The molecule has 21 heavy (non-hydrogen) atoms. The monoisotopic (exact) mass is 301 g/mol. The smallest absolute Gasteiger partial charge is 0.390 e. The third-order valence-electron chi connectivity index (χ3n) is 2.37. The Balaban J connectivity index is 2.11. The van der Waals surface area contributed by atoms with E-state index in [-0.39, 0.29) is 18.4 Å². The van der Waals surface area contributed by atoms with Crippen LogP contribution in [-0.4, -0.2) is 59.9 Å². The van der Waals surface area contributed by atoms with Crippen LogP contribution in [0.15, 0.2) is 12.4 Å². The second-order valence-electron chi connectivity index (χ2n) is 3.98. The number of nitrogens with zero attached hydrogens (tertiary/aromatic N) is 3. The molecule has 0 aliphatic heterocycles. The van der Waals surface area contributed by atoms with Crippen LogP contribution in [0.2, 0.25) is 0 Å². The highest BCUT2D eigenvalue weighted by atomic mass is 16.6. The topological polar surface area (TPSA) is 135 Å². The molecule has 0 unspecified atom stereocenters. The molecule has 0 atom stereocenters. The van der Waals surface area contributed by atoms with Gasteiger partial charge in [-0.25, -0.2) is 4.57 Å². The Labute approximate surface area is 121 Å². The number of hydrogen-bond donors (Lipinski definition) is 2. The Morgan fingerprint density at radius 3 is 2.76 bits per heavy atom. The van der Waals surface area contributed by atoms with Crippen LogP contribution in [0.5, 0.6) is 0 Å². The van der Waals surface area contributed by atoms with E-state index < -0.39 is 4.92 Å². The fraction of sp³-hybridized carbons (Fsp3) is 0.636. The zero-order chi connectivity index (χ0) is 15.5. The van der Waals surface area contributed by atoms with Gasteiger partial charge in [0.15, 0.2) is 6.54 Å². The molecule has 1 heterocycles. The van der Waals surface area contributed by atoms with E-state index >= 15 is 0 Å². The van der Waals surface area contributed by atoms with E-state index in [0.717, 1.165) is 4.57 Å². The van der Waals surface area contributed by atoms with Crippen molar-refractivity contribution in [3.05, 3.63) is 22.5 Å². The van der Waals surface area contributed by atoms with Crippen LogP contribution in [0, 0.1) is 10.1 Å². The van der Waals surface area contributed by atoms with Crippen LogP contribution < -0.4 is 11.1 Å². The Morgan fingerprint density at radius 2 is 2.10 bits per heavy atom. The molecule has 1 rings (SSSR count). The number of imidazole rings is 1. The molecule has 10 nitrogen and oxygen atoms in total. The van der Waals surface area contributed by atoms with Gasteiger partial charge in [-0.1, -0.05) is 4.98 Å². The third-order valence-corrected chi connectivity index (χ3v) is 2.37. The van der Waals surface area contributed by atoms with E-state index in [9.17, 15) is 14.9 Å². The van der Waals surface area contributed by atoms with E-state index in [1.54, 1.807) is 0 Å². The molecular weight excluding hydrogens is 282 g/mol. The zero-order valence-corrected chi connectivity index (χ0v) is 11.6. The predicted octanol–water partition coefficient (Wildman–Crippen LogP) is -1.10. The Kier molecular flexibility index (Phi) is 7.94. The van der Waals surface area contributed by atoms with Crippen molar-refractivity contribution in [1.29, 1.82) is 0 Å². The predicted molar refractivity (Wildman–Crippen MR) is 72.6 cm³/mol. The summed E-state index contributed by atoms with van der Waals surface area (Å²) in [5.74, 6) is -0.711. The largest absolute Gasteiger partial charge is 0.435 e. The lowest BCUT2D eigenvalue weighted by molar-refractivity contribution is -0.396. The molecule has 0 fully saturated rings. The van der Waals surface area contributed by atoms with Gasteiger partial charge in [0, 0.05) is 13.1 Å². The average Bonchev–Trinajstić information content (AvgIpc) is 2.90. The lowest BCUT2D eigenvalue weighted by Gasteiger charge is -2.06. The van der Waals surface area contributed by atoms with E-state index in [4.69, 9.17) is 15.2 Å². The molecule has 118 valence electrons. The van der Waals surface area contributed by atoms with Crippen molar-refractivity contribution >= 4 is 11.9 Å². The summed E-state index contributed by atoms with van der Waals surface area (Å²) in [5.41, 5.74) is 5.25. The van der Waals surface area contributed by atoms with Gasteiger partial charge in [0.25, 0.3) is 5.91 Å². The van der Waals surface area contributed by atoms with Gasteiger partial charge >= 0.3 is 5.95 Å².